The number of nitrogen functional groups attached to an aromatic ring is 1. The number of rotatable bonds is 6. The number of sulfonamides is 1. The van der Waals surface area contributed by atoms with Gasteiger partial charge in [0.15, 0.2) is 0 Å². The molecule has 1 aromatic carbocycles. The third-order valence-corrected chi connectivity index (χ3v) is 4.91. The van der Waals surface area contributed by atoms with Crippen molar-refractivity contribution in [1.29, 1.82) is 0 Å². The maximum atomic E-state index is 12.0. The minimum absolute atomic E-state index is 0.0433. The van der Waals surface area contributed by atoms with Gasteiger partial charge < -0.3 is 15.6 Å². The van der Waals surface area contributed by atoms with Crippen molar-refractivity contribution in [3.63, 3.8) is 0 Å². The van der Waals surface area contributed by atoms with Crippen LogP contribution in [0.4, 0.5) is 5.69 Å². The molecule has 1 saturated carbocycles. The van der Waals surface area contributed by atoms with E-state index in [9.17, 15) is 13.5 Å². The van der Waals surface area contributed by atoms with Gasteiger partial charge in [0.2, 0.25) is 10.0 Å². The lowest BCUT2D eigenvalue weighted by Crippen LogP contribution is -2.46. The van der Waals surface area contributed by atoms with Gasteiger partial charge in [-0.25, -0.2) is 13.1 Å². The Morgan fingerprint density at radius 2 is 2.10 bits per heavy atom. The molecule has 118 valence electrons. The van der Waals surface area contributed by atoms with Gasteiger partial charge in [0.25, 0.3) is 0 Å². The van der Waals surface area contributed by atoms with Crippen molar-refractivity contribution in [1.82, 2.24) is 4.72 Å². The van der Waals surface area contributed by atoms with Gasteiger partial charge in [-0.2, -0.15) is 0 Å². The minimum atomic E-state index is -3.46. The number of aliphatic hydroxyl groups excluding tert-OH is 1. The molecule has 0 bridgehead atoms. The van der Waals surface area contributed by atoms with Crippen molar-refractivity contribution in [2.24, 2.45) is 0 Å². The van der Waals surface area contributed by atoms with Crippen LogP contribution in [0, 0.1) is 0 Å². The molecule has 2 rings (SSSR count). The highest BCUT2D eigenvalue weighted by Gasteiger charge is 2.27. The molecule has 4 N–H and O–H groups in total. The smallest absolute Gasteiger partial charge is 0.215 e. The number of hydrogen-bond donors (Lipinski definition) is 3. The zero-order valence-electron chi connectivity index (χ0n) is 11.9. The van der Waals surface area contributed by atoms with E-state index < -0.39 is 16.1 Å². The number of nitrogens with one attached hydrogen (secondary N) is 1. The summed E-state index contributed by atoms with van der Waals surface area (Å²) in [5, 5.41) is 9.79. The fourth-order valence-corrected chi connectivity index (χ4v) is 3.57. The van der Waals surface area contributed by atoms with Crippen LogP contribution in [0.15, 0.2) is 24.3 Å². The lowest BCUT2D eigenvalue weighted by atomic mass is 9.93. The van der Waals surface area contributed by atoms with Crippen molar-refractivity contribution >= 4 is 15.7 Å². The van der Waals surface area contributed by atoms with Crippen LogP contribution in [0.25, 0.3) is 0 Å². The van der Waals surface area contributed by atoms with Crippen LogP contribution in [0.3, 0.4) is 0 Å². The maximum absolute atomic E-state index is 12.0. The molecule has 0 amide bonds. The predicted molar refractivity (Wildman–Crippen MR) is 81.5 cm³/mol. The Balaban J connectivity index is 1.81. The van der Waals surface area contributed by atoms with Gasteiger partial charge in [-0.3, -0.25) is 0 Å². The van der Waals surface area contributed by atoms with E-state index in [1.807, 2.05) is 0 Å². The molecule has 0 heterocycles. The molecule has 0 aromatic heterocycles. The first-order valence-electron chi connectivity index (χ1n) is 7.13. The molecule has 7 heteroatoms. The highest BCUT2D eigenvalue weighted by molar-refractivity contribution is 7.89. The molecule has 0 unspecified atom stereocenters. The van der Waals surface area contributed by atoms with Crippen LogP contribution < -0.4 is 15.2 Å². The number of nitrogens with two attached hydrogens (primary N) is 1. The lowest BCUT2D eigenvalue weighted by Gasteiger charge is -2.28. The second kappa shape index (κ2) is 7.11. The van der Waals surface area contributed by atoms with Crippen molar-refractivity contribution < 1.29 is 18.3 Å². The minimum Gasteiger partial charge on any atom is -0.492 e. The van der Waals surface area contributed by atoms with Crippen molar-refractivity contribution in [3.05, 3.63) is 24.3 Å². The monoisotopic (exact) mass is 314 g/mol. The van der Waals surface area contributed by atoms with E-state index >= 15 is 0 Å². The summed E-state index contributed by atoms with van der Waals surface area (Å²) in [6, 6.07) is 6.47. The number of anilines is 1. The second-order valence-electron chi connectivity index (χ2n) is 5.32. The molecule has 1 fully saturated rings. The first-order chi connectivity index (χ1) is 9.96. The normalized spacial score (nSPS) is 22.9. The Morgan fingerprint density at radius 1 is 1.33 bits per heavy atom. The maximum Gasteiger partial charge on any atom is 0.215 e. The summed E-state index contributed by atoms with van der Waals surface area (Å²) in [4.78, 5) is 0. The summed E-state index contributed by atoms with van der Waals surface area (Å²) in [6.45, 7) is 0.0433. The highest BCUT2D eigenvalue weighted by atomic mass is 32.2. The Hall–Kier alpha value is -1.31. The van der Waals surface area contributed by atoms with Gasteiger partial charge >= 0.3 is 0 Å². The quantitative estimate of drug-likeness (QED) is 0.676. The molecule has 21 heavy (non-hydrogen) atoms. The molecular formula is C14H22N2O4S. The van der Waals surface area contributed by atoms with Gasteiger partial charge in [-0.05, 0) is 25.0 Å². The summed E-state index contributed by atoms with van der Waals surface area (Å²) in [5.41, 5.74) is 6.19. The van der Waals surface area contributed by atoms with E-state index in [0.29, 0.717) is 24.3 Å². The van der Waals surface area contributed by atoms with Gasteiger partial charge in [0.1, 0.15) is 12.4 Å². The van der Waals surface area contributed by atoms with Gasteiger partial charge in [0, 0.05) is 17.8 Å². The standard InChI is InChI=1S/C14H22N2O4S/c15-11-4-3-5-12(10-11)20-8-9-21(18,19)16-13-6-1-2-7-14(13)17/h3-5,10,13-14,16-17H,1-2,6-9,15H2/t13-,14-/m1/s1. The molecule has 1 aliphatic carbocycles. The highest BCUT2D eigenvalue weighted by Crippen LogP contribution is 2.19. The zero-order chi connectivity index (χ0) is 15.3. The number of benzene rings is 1. The summed E-state index contributed by atoms with van der Waals surface area (Å²) in [7, 11) is -3.46. The van der Waals surface area contributed by atoms with Crippen LogP contribution in [0.1, 0.15) is 25.7 Å². The summed E-state index contributed by atoms with van der Waals surface area (Å²) in [5.74, 6) is 0.397. The number of aliphatic hydroxyl groups is 1. The van der Waals surface area contributed by atoms with Gasteiger partial charge in [0.05, 0.1) is 11.9 Å². The van der Waals surface area contributed by atoms with Crippen molar-refractivity contribution in [2.45, 2.75) is 37.8 Å². The molecule has 2 atom stereocenters. The zero-order valence-corrected chi connectivity index (χ0v) is 12.7. The molecule has 1 aromatic rings. The predicted octanol–water partition coefficient (Wildman–Crippen LogP) is 0.870. The van der Waals surface area contributed by atoms with Crippen LogP contribution in [0.5, 0.6) is 5.75 Å². The summed E-state index contributed by atoms with van der Waals surface area (Å²) >= 11 is 0. The molecule has 0 radical (unpaired) electrons. The Bertz CT molecular complexity index is 562. The van der Waals surface area contributed by atoms with E-state index in [2.05, 4.69) is 4.72 Å². The summed E-state index contributed by atoms with van der Waals surface area (Å²) < 4.78 is 31.9. The SMILES string of the molecule is Nc1cccc(OCCS(=O)(=O)N[C@@H]2CCCC[C@H]2O)c1. The Kier molecular flexibility index (Phi) is 5.44. The number of hydrogen-bond acceptors (Lipinski definition) is 5. The van der Waals surface area contributed by atoms with Crippen molar-refractivity contribution in [2.75, 3.05) is 18.1 Å². The van der Waals surface area contributed by atoms with Crippen LogP contribution >= 0.6 is 0 Å². The third kappa shape index (κ3) is 5.18. The van der Waals surface area contributed by atoms with Gasteiger partial charge in [-0.1, -0.05) is 18.9 Å². The molecule has 0 aliphatic heterocycles. The fourth-order valence-electron chi connectivity index (χ4n) is 2.41. The molecule has 0 saturated heterocycles. The largest absolute Gasteiger partial charge is 0.492 e. The van der Waals surface area contributed by atoms with Gasteiger partial charge in [-0.15, -0.1) is 0 Å². The van der Waals surface area contributed by atoms with Crippen LogP contribution in [-0.2, 0) is 10.0 Å². The van der Waals surface area contributed by atoms with E-state index in [0.717, 1.165) is 12.8 Å². The first kappa shape index (κ1) is 16.1. The van der Waals surface area contributed by atoms with E-state index in [-0.39, 0.29) is 18.4 Å². The average molecular weight is 314 g/mol. The third-order valence-electron chi connectivity index (χ3n) is 3.54. The lowest BCUT2D eigenvalue weighted by molar-refractivity contribution is 0.101. The molecule has 6 nitrogen and oxygen atoms in total. The average Bonchev–Trinajstić information content (AvgIpc) is 2.41. The second-order valence-corrected chi connectivity index (χ2v) is 7.19. The van der Waals surface area contributed by atoms with E-state index in [1.165, 1.54) is 0 Å². The van der Waals surface area contributed by atoms with Crippen LogP contribution in [-0.4, -0.2) is 38.0 Å². The summed E-state index contributed by atoms with van der Waals surface area (Å²) in [6.07, 6.45) is 2.61. The Morgan fingerprint density at radius 3 is 2.81 bits per heavy atom. The van der Waals surface area contributed by atoms with Crippen molar-refractivity contribution in [3.8, 4) is 5.75 Å². The topological polar surface area (TPSA) is 102 Å². The van der Waals surface area contributed by atoms with Crippen LogP contribution in [0.2, 0.25) is 0 Å². The van der Waals surface area contributed by atoms with E-state index in [1.54, 1.807) is 24.3 Å². The molecular weight excluding hydrogens is 292 g/mol. The number of ether oxygens (including phenoxy) is 1. The van der Waals surface area contributed by atoms with E-state index in [4.69, 9.17) is 10.5 Å². The first-order valence-corrected chi connectivity index (χ1v) is 8.78. The fraction of sp³-hybridized carbons (Fsp3) is 0.571. The molecule has 1 aliphatic rings. The molecule has 0 spiro atoms. The Labute approximate surface area is 125 Å².